The molecule has 23 heavy (non-hydrogen) atoms. The molecule has 1 amide bonds. The Morgan fingerprint density at radius 2 is 2.09 bits per heavy atom. The Morgan fingerprint density at radius 1 is 1.35 bits per heavy atom. The number of nitrogens with one attached hydrogen (secondary N) is 3. The molecule has 1 saturated carbocycles. The van der Waals surface area contributed by atoms with E-state index in [1.165, 1.54) is 12.8 Å². The van der Waals surface area contributed by atoms with Crippen LogP contribution in [0.2, 0.25) is 5.02 Å². The standard InChI is InChI=1S/C16H23ClN4O.HI/c1-11-13(17)4-3-5-14(11)21-15(22)8-9-19-16(18-2)20-10-12-6-7-12;/h3-5,12H,6-10H2,1-2H3,(H,21,22)(H2,18,19,20);1H. The maximum atomic E-state index is 12.0. The number of carbonyl (C=O) groups excluding carboxylic acids is 1. The summed E-state index contributed by atoms with van der Waals surface area (Å²) in [6.07, 6.45) is 2.97. The van der Waals surface area contributed by atoms with Crippen LogP contribution in [0.1, 0.15) is 24.8 Å². The molecule has 7 heteroatoms. The van der Waals surface area contributed by atoms with Crippen molar-refractivity contribution in [3.63, 3.8) is 0 Å². The summed E-state index contributed by atoms with van der Waals surface area (Å²) in [4.78, 5) is 16.1. The van der Waals surface area contributed by atoms with Crippen LogP contribution in [-0.2, 0) is 4.79 Å². The van der Waals surface area contributed by atoms with Gasteiger partial charge in [0, 0.05) is 37.3 Å². The lowest BCUT2D eigenvalue weighted by Gasteiger charge is -2.12. The maximum Gasteiger partial charge on any atom is 0.226 e. The zero-order valence-electron chi connectivity index (χ0n) is 13.5. The highest BCUT2D eigenvalue weighted by molar-refractivity contribution is 14.0. The molecule has 0 atom stereocenters. The Labute approximate surface area is 159 Å². The minimum atomic E-state index is -0.0458. The minimum Gasteiger partial charge on any atom is -0.356 e. The molecule has 5 nitrogen and oxygen atoms in total. The van der Waals surface area contributed by atoms with E-state index in [9.17, 15) is 4.79 Å². The first-order valence-corrected chi connectivity index (χ1v) is 7.97. The highest BCUT2D eigenvalue weighted by Crippen LogP contribution is 2.27. The molecule has 0 unspecified atom stereocenters. The van der Waals surface area contributed by atoms with E-state index in [0.717, 1.165) is 29.7 Å². The van der Waals surface area contributed by atoms with Crippen molar-refractivity contribution in [1.82, 2.24) is 10.6 Å². The molecular weight excluding hydrogens is 427 g/mol. The summed E-state index contributed by atoms with van der Waals surface area (Å²) in [6, 6.07) is 5.49. The van der Waals surface area contributed by atoms with Crippen molar-refractivity contribution in [1.29, 1.82) is 0 Å². The molecule has 1 aromatic rings. The summed E-state index contributed by atoms with van der Waals surface area (Å²) in [5.41, 5.74) is 1.64. The van der Waals surface area contributed by atoms with E-state index in [4.69, 9.17) is 11.6 Å². The molecule has 3 N–H and O–H groups in total. The molecule has 1 aromatic carbocycles. The highest BCUT2D eigenvalue weighted by Gasteiger charge is 2.21. The predicted molar refractivity (Wildman–Crippen MR) is 107 cm³/mol. The van der Waals surface area contributed by atoms with Gasteiger partial charge in [0.15, 0.2) is 5.96 Å². The summed E-state index contributed by atoms with van der Waals surface area (Å²) in [5.74, 6) is 1.49. The fourth-order valence-corrected chi connectivity index (χ4v) is 2.21. The second-order valence-corrected chi connectivity index (χ2v) is 5.94. The lowest BCUT2D eigenvalue weighted by Crippen LogP contribution is -2.39. The number of guanidine groups is 1. The predicted octanol–water partition coefficient (Wildman–Crippen LogP) is 3.17. The number of rotatable bonds is 6. The average molecular weight is 451 g/mol. The van der Waals surface area contributed by atoms with Gasteiger partial charge in [0.2, 0.25) is 5.91 Å². The lowest BCUT2D eigenvalue weighted by molar-refractivity contribution is -0.116. The monoisotopic (exact) mass is 450 g/mol. The molecule has 0 aliphatic heterocycles. The zero-order chi connectivity index (χ0) is 15.9. The number of carbonyl (C=O) groups is 1. The number of aliphatic imine (C=N–C) groups is 1. The van der Waals surface area contributed by atoms with Gasteiger partial charge in [0.1, 0.15) is 0 Å². The van der Waals surface area contributed by atoms with Gasteiger partial charge in [-0.25, -0.2) is 0 Å². The maximum absolute atomic E-state index is 12.0. The number of benzene rings is 1. The van der Waals surface area contributed by atoms with E-state index in [0.29, 0.717) is 18.0 Å². The summed E-state index contributed by atoms with van der Waals surface area (Å²) in [7, 11) is 1.73. The fourth-order valence-electron chi connectivity index (χ4n) is 2.03. The number of amides is 1. The van der Waals surface area contributed by atoms with Crippen molar-refractivity contribution < 1.29 is 4.79 Å². The Balaban J connectivity index is 0.00000264. The van der Waals surface area contributed by atoms with E-state index < -0.39 is 0 Å². The molecular formula is C16H24ClIN4O. The van der Waals surface area contributed by atoms with E-state index in [1.54, 1.807) is 7.05 Å². The normalized spacial score (nSPS) is 14.0. The summed E-state index contributed by atoms with van der Waals surface area (Å²) in [6.45, 7) is 3.38. The Kier molecular flexibility index (Phi) is 8.68. The van der Waals surface area contributed by atoms with Crippen LogP contribution < -0.4 is 16.0 Å². The summed E-state index contributed by atoms with van der Waals surface area (Å²) < 4.78 is 0. The third-order valence-electron chi connectivity index (χ3n) is 3.67. The highest BCUT2D eigenvalue weighted by atomic mass is 127. The quantitative estimate of drug-likeness (QED) is 0.354. The van der Waals surface area contributed by atoms with Gasteiger partial charge in [0.05, 0.1) is 0 Å². The first-order valence-electron chi connectivity index (χ1n) is 7.59. The molecule has 0 aromatic heterocycles. The van der Waals surface area contributed by atoms with Crippen LogP contribution in [0.15, 0.2) is 23.2 Å². The molecule has 0 saturated heterocycles. The first-order chi connectivity index (χ1) is 10.6. The summed E-state index contributed by atoms with van der Waals surface area (Å²) >= 11 is 6.04. The van der Waals surface area contributed by atoms with Gasteiger partial charge < -0.3 is 16.0 Å². The number of hydrogen-bond acceptors (Lipinski definition) is 2. The molecule has 1 fully saturated rings. The third kappa shape index (κ3) is 6.95. The molecule has 0 heterocycles. The van der Waals surface area contributed by atoms with Crippen LogP contribution in [0.25, 0.3) is 0 Å². The number of hydrogen-bond donors (Lipinski definition) is 3. The molecule has 1 aliphatic rings. The van der Waals surface area contributed by atoms with E-state index in [2.05, 4.69) is 20.9 Å². The molecule has 0 bridgehead atoms. The molecule has 0 radical (unpaired) electrons. The van der Waals surface area contributed by atoms with Crippen LogP contribution >= 0.6 is 35.6 Å². The van der Waals surface area contributed by atoms with Gasteiger partial charge in [-0.05, 0) is 43.4 Å². The minimum absolute atomic E-state index is 0. The van der Waals surface area contributed by atoms with Gasteiger partial charge in [-0.3, -0.25) is 9.79 Å². The van der Waals surface area contributed by atoms with Crippen LogP contribution in [-0.4, -0.2) is 32.0 Å². The SMILES string of the molecule is CN=C(NCCC(=O)Nc1cccc(Cl)c1C)NCC1CC1.I. The second-order valence-electron chi connectivity index (χ2n) is 5.53. The Bertz CT molecular complexity index is 561. The molecule has 1 aliphatic carbocycles. The van der Waals surface area contributed by atoms with E-state index in [-0.39, 0.29) is 29.9 Å². The van der Waals surface area contributed by atoms with Gasteiger partial charge in [0.25, 0.3) is 0 Å². The first kappa shape index (κ1) is 20.0. The van der Waals surface area contributed by atoms with E-state index in [1.807, 2.05) is 25.1 Å². The van der Waals surface area contributed by atoms with Crippen molar-refractivity contribution in [2.45, 2.75) is 26.2 Å². The van der Waals surface area contributed by atoms with Crippen LogP contribution in [0.3, 0.4) is 0 Å². The third-order valence-corrected chi connectivity index (χ3v) is 4.07. The Hall–Kier alpha value is -1.02. The lowest BCUT2D eigenvalue weighted by atomic mass is 10.2. The smallest absolute Gasteiger partial charge is 0.226 e. The number of halogens is 2. The van der Waals surface area contributed by atoms with Crippen molar-refractivity contribution in [3.8, 4) is 0 Å². The van der Waals surface area contributed by atoms with Gasteiger partial charge >= 0.3 is 0 Å². The topological polar surface area (TPSA) is 65.5 Å². The average Bonchev–Trinajstić information content (AvgIpc) is 3.31. The van der Waals surface area contributed by atoms with Crippen LogP contribution in [0.4, 0.5) is 5.69 Å². The van der Waals surface area contributed by atoms with E-state index >= 15 is 0 Å². The Morgan fingerprint density at radius 3 is 2.74 bits per heavy atom. The van der Waals surface area contributed by atoms with Gasteiger partial charge in [-0.15, -0.1) is 24.0 Å². The van der Waals surface area contributed by atoms with Crippen molar-refractivity contribution in [2.24, 2.45) is 10.9 Å². The van der Waals surface area contributed by atoms with Crippen molar-refractivity contribution >= 4 is 53.1 Å². The van der Waals surface area contributed by atoms with Crippen molar-refractivity contribution in [3.05, 3.63) is 28.8 Å². The second kappa shape index (κ2) is 9.97. The molecule has 0 spiro atoms. The molecule has 128 valence electrons. The van der Waals surface area contributed by atoms with Crippen LogP contribution in [0, 0.1) is 12.8 Å². The van der Waals surface area contributed by atoms with Crippen LogP contribution in [0.5, 0.6) is 0 Å². The number of anilines is 1. The fraction of sp³-hybridized carbons (Fsp3) is 0.500. The van der Waals surface area contributed by atoms with Gasteiger partial charge in [-0.2, -0.15) is 0 Å². The summed E-state index contributed by atoms with van der Waals surface area (Å²) in [5, 5.41) is 9.94. The largest absolute Gasteiger partial charge is 0.356 e. The number of nitrogens with zero attached hydrogens (tertiary/aromatic N) is 1. The van der Waals surface area contributed by atoms with Crippen molar-refractivity contribution in [2.75, 3.05) is 25.5 Å². The molecule has 2 rings (SSSR count). The van der Waals surface area contributed by atoms with Gasteiger partial charge in [-0.1, -0.05) is 17.7 Å². The zero-order valence-corrected chi connectivity index (χ0v) is 16.6.